The van der Waals surface area contributed by atoms with Crippen LogP contribution in [0.4, 0.5) is 0 Å². The summed E-state index contributed by atoms with van der Waals surface area (Å²) in [6.07, 6.45) is 0.382. The lowest BCUT2D eigenvalue weighted by molar-refractivity contribution is 0.414. The third kappa shape index (κ3) is 2.51. The van der Waals surface area contributed by atoms with Gasteiger partial charge in [-0.1, -0.05) is 12.1 Å². The van der Waals surface area contributed by atoms with Crippen molar-refractivity contribution in [3.05, 3.63) is 40.3 Å². The van der Waals surface area contributed by atoms with E-state index in [1.165, 1.54) is 0 Å². The van der Waals surface area contributed by atoms with E-state index < -0.39 is 21.0 Å². The lowest BCUT2D eigenvalue weighted by atomic mass is 9.89. The molecule has 1 aromatic carbocycles. The minimum atomic E-state index is -3.90. The second-order valence-corrected chi connectivity index (χ2v) is 6.91. The number of nitrogens with zero attached hydrogens (tertiary/aromatic N) is 2. The number of sulfone groups is 1. The molecule has 2 atom stereocenters. The molecule has 0 radical (unpaired) electrons. The number of methoxy groups -OCH3 is 1. The van der Waals surface area contributed by atoms with Gasteiger partial charge in [0, 0.05) is 5.92 Å². The number of nitriles is 2. The summed E-state index contributed by atoms with van der Waals surface area (Å²) in [7, 11) is -2.35. The zero-order chi connectivity index (χ0) is 15.6. The fourth-order valence-corrected chi connectivity index (χ4v) is 4.35. The fourth-order valence-electron chi connectivity index (χ4n) is 2.58. The highest BCUT2D eigenvalue weighted by molar-refractivity contribution is 7.96. The van der Waals surface area contributed by atoms with Gasteiger partial charge < -0.3 is 4.74 Å². The van der Waals surface area contributed by atoms with Crippen LogP contribution in [-0.4, -0.2) is 20.8 Å². The Labute approximate surface area is 124 Å². The summed E-state index contributed by atoms with van der Waals surface area (Å²) in [5.74, 6) is 0.193. The Kier molecular flexibility index (Phi) is 4.02. The van der Waals surface area contributed by atoms with E-state index in [1.807, 2.05) is 6.07 Å². The molecule has 1 heterocycles. The van der Waals surface area contributed by atoms with Gasteiger partial charge in [-0.15, -0.1) is 0 Å². The fraction of sp³-hybridized carbons (Fsp3) is 0.333. The number of allylic oxidation sites excluding steroid dienone is 2. The number of ether oxygens (including phenoxy) is 1. The first-order valence-electron chi connectivity index (χ1n) is 6.33. The van der Waals surface area contributed by atoms with Crippen LogP contribution in [0.15, 0.2) is 34.7 Å². The quantitative estimate of drug-likeness (QED) is 0.836. The molecule has 108 valence electrons. The summed E-state index contributed by atoms with van der Waals surface area (Å²) in [4.78, 5) is -0.265. The molecular weight excluding hydrogens is 288 g/mol. The molecule has 0 N–H and O–H groups in total. The molecule has 1 aliphatic heterocycles. The van der Waals surface area contributed by atoms with E-state index in [9.17, 15) is 13.7 Å². The van der Waals surface area contributed by atoms with Crippen molar-refractivity contribution in [2.75, 3.05) is 7.11 Å². The van der Waals surface area contributed by atoms with Crippen molar-refractivity contribution in [2.24, 2.45) is 0 Å². The first-order valence-corrected chi connectivity index (χ1v) is 7.87. The number of hydrogen-bond acceptors (Lipinski definition) is 5. The van der Waals surface area contributed by atoms with Crippen molar-refractivity contribution < 1.29 is 13.2 Å². The molecule has 0 spiro atoms. The van der Waals surface area contributed by atoms with Crippen LogP contribution in [0, 0.1) is 22.7 Å². The van der Waals surface area contributed by atoms with Crippen molar-refractivity contribution in [2.45, 2.75) is 24.5 Å². The van der Waals surface area contributed by atoms with Gasteiger partial charge in [0.15, 0.2) is 5.25 Å². The molecule has 1 aromatic rings. The van der Waals surface area contributed by atoms with Crippen LogP contribution in [0.3, 0.4) is 0 Å². The van der Waals surface area contributed by atoms with Crippen LogP contribution < -0.4 is 4.74 Å². The molecule has 0 unspecified atom stereocenters. The summed E-state index contributed by atoms with van der Waals surface area (Å²) < 4.78 is 29.8. The van der Waals surface area contributed by atoms with Crippen molar-refractivity contribution in [1.82, 2.24) is 0 Å². The Hall–Kier alpha value is -2.31. The van der Waals surface area contributed by atoms with Crippen LogP contribution in [0.2, 0.25) is 0 Å². The Morgan fingerprint density at radius 2 is 1.86 bits per heavy atom. The van der Waals surface area contributed by atoms with Crippen molar-refractivity contribution in [3.63, 3.8) is 0 Å². The van der Waals surface area contributed by atoms with Gasteiger partial charge >= 0.3 is 0 Å². The van der Waals surface area contributed by atoms with E-state index in [2.05, 4.69) is 0 Å². The van der Waals surface area contributed by atoms with Crippen LogP contribution in [0.5, 0.6) is 5.75 Å². The van der Waals surface area contributed by atoms with E-state index in [1.54, 1.807) is 44.4 Å². The smallest absolute Gasteiger partial charge is 0.205 e. The Bertz CT molecular complexity index is 765. The maximum absolute atomic E-state index is 12.4. The molecule has 21 heavy (non-hydrogen) atoms. The predicted octanol–water partition coefficient (Wildman–Crippen LogP) is 2.29. The van der Waals surface area contributed by atoms with E-state index in [-0.39, 0.29) is 4.91 Å². The van der Waals surface area contributed by atoms with Crippen LogP contribution in [0.1, 0.15) is 24.8 Å². The van der Waals surface area contributed by atoms with Crippen LogP contribution in [0.25, 0.3) is 0 Å². The molecule has 6 heteroatoms. The van der Waals surface area contributed by atoms with Crippen molar-refractivity contribution >= 4 is 9.84 Å². The lowest BCUT2D eigenvalue weighted by Crippen LogP contribution is -2.32. The summed E-state index contributed by atoms with van der Waals surface area (Å²) in [6.45, 7) is 1.63. The number of rotatable bonds is 2. The minimum absolute atomic E-state index is 0.265. The summed E-state index contributed by atoms with van der Waals surface area (Å²) >= 11 is 0. The largest absolute Gasteiger partial charge is 0.497 e. The average molecular weight is 302 g/mol. The van der Waals surface area contributed by atoms with Gasteiger partial charge in [-0.3, -0.25) is 0 Å². The highest BCUT2D eigenvalue weighted by Crippen LogP contribution is 2.39. The zero-order valence-electron chi connectivity index (χ0n) is 11.7. The predicted molar refractivity (Wildman–Crippen MR) is 77.0 cm³/mol. The van der Waals surface area contributed by atoms with Gasteiger partial charge in [0.05, 0.1) is 13.2 Å². The minimum Gasteiger partial charge on any atom is -0.497 e. The topological polar surface area (TPSA) is 90.9 Å². The lowest BCUT2D eigenvalue weighted by Gasteiger charge is -2.27. The molecule has 1 aliphatic rings. The van der Waals surface area contributed by atoms with E-state index >= 15 is 0 Å². The maximum Gasteiger partial charge on any atom is 0.205 e. The maximum atomic E-state index is 12.4. The standard InChI is InChI=1S/C15H14N2O3S/c1-10-7-13(11-3-5-12(20-2)6-4-11)15(9-17)21(18,19)14(10)8-16/h3-6,13,15H,7H2,1-2H3/t13-,15-/m1/s1. The monoisotopic (exact) mass is 302 g/mol. The SMILES string of the molecule is COc1ccc([C@H]2CC(C)=C(C#N)S(=O)(=O)[C@@H]2C#N)cc1. The number of benzene rings is 1. The highest BCUT2D eigenvalue weighted by Gasteiger charge is 2.42. The molecular formula is C15H14N2O3S. The average Bonchev–Trinajstić information content (AvgIpc) is 2.46. The molecule has 0 bridgehead atoms. The van der Waals surface area contributed by atoms with E-state index in [4.69, 9.17) is 10.00 Å². The summed E-state index contributed by atoms with van der Waals surface area (Å²) in [5, 5.41) is 17.1. The molecule has 2 rings (SSSR count). The molecule has 0 fully saturated rings. The van der Waals surface area contributed by atoms with Gasteiger partial charge in [-0.25, -0.2) is 8.42 Å². The van der Waals surface area contributed by atoms with Gasteiger partial charge in [-0.05, 0) is 36.6 Å². The molecule has 0 saturated carbocycles. The normalized spacial score (nSPS) is 24.0. The molecule has 0 amide bonds. The first-order chi connectivity index (χ1) is 9.95. The number of hydrogen-bond donors (Lipinski definition) is 0. The van der Waals surface area contributed by atoms with Crippen molar-refractivity contribution in [1.29, 1.82) is 10.5 Å². The van der Waals surface area contributed by atoms with Crippen molar-refractivity contribution in [3.8, 4) is 17.9 Å². The second-order valence-electron chi connectivity index (χ2n) is 4.90. The van der Waals surface area contributed by atoms with Gasteiger partial charge in [0.25, 0.3) is 0 Å². The Morgan fingerprint density at radius 1 is 1.24 bits per heavy atom. The summed E-state index contributed by atoms with van der Waals surface area (Å²) in [5.41, 5.74) is 1.26. The van der Waals surface area contributed by atoms with E-state index in [0.29, 0.717) is 17.7 Å². The molecule has 0 aliphatic carbocycles. The second kappa shape index (κ2) is 5.59. The molecule has 5 nitrogen and oxygen atoms in total. The van der Waals surface area contributed by atoms with Gasteiger partial charge in [0.2, 0.25) is 9.84 Å². The van der Waals surface area contributed by atoms with Crippen LogP contribution >= 0.6 is 0 Å². The van der Waals surface area contributed by atoms with E-state index in [0.717, 1.165) is 5.56 Å². The van der Waals surface area contributed by atoms with Gasteiger partial charge in [-0.2, -0.15) is 10.5 Å². The Balaban J connectivity index is 2.53. The Morgan fingerprint density at radius 3 is 2.33 bits per heavy atom. The van der Waals surface area contributed by atoms with Gasteiger partial charge in [0.1, 0.15) is 16.7 Å². The summed E-state index contributed by atoms with van der Waals surface area (Å²) in [6, 6.07) is 10.5. The highest BCUT2D eigenvalue weighted by atomic mass is 32.2. The van der Waals surface area contributed by atoms with Crippen LogP contribution in [-0.2, 0) is 9.84 Å². The third-order valence-corrected chi connectivity index (χ3v) is 5.78. The first kappa shape index (κ1) is 15.1. The molecule has 0 saturated heterocycles. The zero-order valence-corrected chi connectivity index (χ0v) is 12.5. The third-order valence-electron chi connectivity index (χ3n) is 3.67. The molecule has 0 aromatic heterocycles.